The molecule has 2 aliphatic rings. The second-order valence-electron chi connectivity index (χ2n) is 5.24. The van der Waals surface area contributed by atoms with Gasteiger partial charge in [0.2, 0.25) is 5.15 Å². The Bertz CT molecular complexity index is 564. The van der Waals surface area contributed by atoms with Crippen molar-refractivity contribution in [3.8, 4) is 0 Å². The first-order chi connectivity index (χ1) is 9.90. The van der Waals surface area contributed by atoms with E-state index in [0.717, 1.165) is 10.9 Å². The molecular weight excluding hydrogens is 310 g/mol. The summed E-state index contributed by atoms with van der Waals surface area (Å²) in [6.07, 6.45) is 0.571. The van der Waals surface area contributed by atoms with Crippen molar-refractivity contribution in [2.45, 2.75) is 24.4 Å². The maximum Gasteiger partial charge on any atom is 0.325 e. The number of hydrogen-bond donors (Lipinski definition) is 0. The number of nitro groups is 1. The molecule has 0 aliphatic carbocycles. The number of hydrogen-bond acceptors (Lipinski definition) is 5. The lowest BCUT2D eigenvalue weighted by molar-refractivity contribution is -0.384. The average molecular weight is 323 g/mol. The second kappa shape index (κ2) is 5.15. The van der Waals surface area contributed by atoms with Crippen molar-refractivity contribution < 1.29 is 18.4 Å². The zero-order chi connectivity index (χ0) is 15.2. The molecule has 0 spiro atoms. The number of aromatic nitrogens is 2. The molecule has 1 unspecified atom stereocenters. The van der Waals surface area contributed by atoms with Crippen LogP contribution in [0.2, 0.25) is 5.15 Å². The van der Waals surface area contributed by atoms with Crippen LogP contribution in [-0.4, -0.2) is 57.9 Å². The molecule has 116 valence electrons. The van der Waals surface area contributed by atoms with Crippen molar-refractivity contribution in [1.82, 2.24) is 14.7 Å². The molecule has 3 heterocycles. The number of rotatable bonds is 3. The van der Waals surface area contributed by atoms with Crippen LogP contribution in [0.1, 0.15) is 12.5 Å². The molecule has 2 fully saturated rings. The van der Waals surface area contributed by atoms with Gasteiger partial charge in [0, 0.05) is 19.5 Å². The Kier molecular flexibility index (Phi) is 3.58. The zero-order valence-electron chi connectivity index (χ0n) is 10.9. The van der Waals surface area contributed by atoms with Crippen LogP contribution in [0, 0.1) is 10.1 Å². The summed E-state index contributed by atoms with van der Waals surface area (Å²) >= 11 is 5.84. The smallest absolute Gasteiger partial charge is 0.325 e. The van der Waals surface area contributed by atoms with Gasteiger partial charge in [0.25, 0.3) is 5.92 Å². The summed E-state index contributed by atoms with van der Waals surface area (Å²) in [6, 6.07) is -1.19. The Balaban J connectivity index is 1.88. The standard InChI is InChI=1S/C11H13ClF2N4O3/c12-10-8(18(19)20)3-15-17(10)9-4-16(7-5-21-6-7)2-1-11(9,13)14/h3,7,9H,1-2,4-6H2. The number of halogens is 3. The Morgan fingerprint density at radius 3 is 2.76 bits per heavy atom. The second-order valence-corrected chi connectivity index (χ2v) is 5.59. The highest BCUT2D eigenvalue weighted by Gasteiger charge is 2.49. The molecule has 0 bridgehead atoms. The Morgan fingerprint density at radius 2 is 2.24 bits per heavy atom. The van der Waals surface area contributed by atoms with E-state index in [0.29, 0.717) is 13.2 Å². The third kappa shape index (κ3) is 2.49. The third-order valence-corrected chi connectivity index (χ3v) is 4.34. The maximum absolute atomic E-state index is 14.2. The predicted octanol–water partition coefficient (Wildman–Crippen LogP) is 1.73. The molecule has 0 amide bonds. The largest absolute Gasteiger partial charge is 0.378 e. The van der Waals surface area contributed by atoms with E-state index in [1.807, 2.05) is 4.90 Å². The van der Waals surface area contributed by atoms with Gasteiger partial charge in [-0.2, -0.15) is 5.10 Å². The van der Waals surface area contributed by atoms with Gasteiger partial charge < -0.3 is 4.74 Å². The van der Waals surface area contributed by atoms with E-state index in [2.05, 4.69) is 5.10 Å². The van der Waals surface area contributed by atoms with Gasteiger partial charge in [-0.1, -0.05) is 11.6 Å². The van der Waals surface area contributed by atoms with Crippen LogP contribution < -0.4 is 0 Å². The number of nitrogens with zero attached hydrogens (tertiary/aromatic N) is 4. The minimum absolute atomic E-state index is 0.0413. The SMILES string of the molecule is O=[N+]([O-])c1cnn(C2CN(C3COC3)CCC2(F)F)c1Cl. The van der Waals surface area contributed by atoms with E-state index in [1.165, 1.54) is 0 Å². The molecular formula is C11H13ClF2N4O3. The van der Waals surface area contributed by atoms with Gasteiger partial charge in [-0.3, -0.25) is 15.0 Å². The number of alkyl halides is 2. The van der Waals surface area contributed by atoms with E-state index in [4.69, 9.17) is 16.3 Å². The van der Waals surface area contributed by atoms with Crippen LogP contribution in [0.15, 0.2) is 6.20 Å². The molecule has 0 saturated carbocycles. The van der Waals surface area contributed by atoms with Crippen LogP contribution in [0.4, 0.5) is 14.5 Å². The summed E-state index contributed by atoms with van der Waals surface area (Å²) in [6.45, 7) is 1.34. The third-order valence-electron chi connectivity index (χ3n) is 3.97. The van der Waals surface area contributed by atoms with Crippen LogP contribution in [0.25, 0.3) is 0 Å². The molecule has 7 nitrogen and oxygen atoms in total. The summed E-state index contributed by atoms with van der Waals surface area (Å²) in [7, 11) is 0. The number of piperidine rings is 1. The van der Waals surface area contributed by atoms with Gasteiger partial charge in [-0.25, -0.2) is 13.5 Å². The highest BCUT2D eigenvalue weighted by atomic mass is 35.5. The number of ether oxygens (including phenoxy) is 1. The van der Waals surface area contributed by atoms with Crippen LogP contribution in [0.3, 0.4) is 0 Å². The fraction of sp³-hybridized carbons (Fsp3) is 0.727. The average Bonchev–Trinajstić information content (AvgIpc) is 2.71. The molecule has 2 saturated heterocycles. The minimum atomic E-state index is -3.01. The molecule has 2 aliphatic heterocycles. The lowest BCUT2D eigenvalue weighted by Crippen LogP contribution is -2.57. The van der Waals surface area contributed by atoms with Crippen LogP contribution in [0.5, 0.6) is 0 Å². The van der Waals surface area contributed by atoms with E-state index in [9.17, 15) is 18.9 Å². The van der Waals surface area contributed by atoms with Crippen molar-refractivity contribution in [2.24, 2.45) is 0 Å². The minimum Gasteiger partial charge on any atom is -0.378 e. The van der Waals surface area contributed by atoms with Crippen molar-refractivity contribution in [3.63, 3.8) is 0 Å². The highest BCUT2D eigenvalue weighted by molar-refractivity contribution is 6.31. The van der Waals surface area contributed by atoms with E-state index < -0.39 is 22.6 Å². The first-order valence-corrected chi connectivity index (χ1v) is 6.85. The fourth-order valence-corrected chi connectivity index (χ4v) is 2.89. The molecule has 1 aromatic heterocycles. The predicted molar refractivity (Wildman–Crippen MR) is 68.7 cm³/mol. The van der Waals surface area contributed by atoms with Gasteiger partial charge in [-0.15, -0.1) is 0 Å². The monoisotopic (exact) mass is 322 g/mol. The zero-order valence-corrected chi connectivity index (χ0v) is 11.7. The van der Waals surface area contributed by atoms with E-state index in [1.54, 1.807) is 0 Å². The fourth-order valence-electron chi connectivity index (χ4n) is 2.61. The molecule has 0 aromatic carbocycles. The summed E-state index contributed by atoms with van der Waals surface area (Å²) in [5, 5.41) is 14.1. The quantitative estimate of drug-likeness (QED) is 0.626. The molecule has 1 atom stereocenters. The lowest BCUT2D eigenvalue weighted by Gasteiger charge is -2.44. The lowest BCUT2D eigenvalue weighted by atomic mass is 9.99. The highest BCUT2D eigenvalue weighted by Crippen LogP contribution is 2.40. The molecule has 10 heteroatoms. The van der Waals surface area contributed by atoms with Gasteiger partial charge in [0.15, 0.2) is 0 Å². The summed E-state index contributed by atoms with van der Waals surface area (Å²) < 4.78 is 34.3. The van der Waals surface area contributed by atoms with Crippen molar-refractivity contribution in [2.75, 3.05) is 26.3 Å². The van der Waals surface area contributed by atoms with Gasteiger partial charge in [0.1, 0.15) is 12.2 Å². The number of likely N-dealkylation sites (tertiary alicyclic amines) is 1. The summed E-state index contributed by atoms with van der Waals surface area (Å²) in [5.41, 5.74) is -0.462. The van der Waals surface area contributed by atoms with Crippen LogP contribution >= 0.6 is 11.6 Å². The Hall–Kier alpha value is -1.32. The van der Waals surface area contributed by atoms with E-state index in [-0.39, 0.29) is 30.7 Å². The Morgan fingerprint density at radius 1 is 1.52 bits per heavy atom. The van der Waals surface area contributed by atoms with Crippen molar-refractivity contribution in [1.29, 1.82) is 0 Å². The van der Waals surface area contributed by atoms with Gasteiger partial charge in [-0.05, 0) is 0 Å². The van der Waals surface area contributed by atoms with Crippen LogP contribution in [-0.2, 0) is 4.74 Å². The van der Waals surface area contributed by atoms with Crippen molar-refractivity contribution in [3.05, 3.63) is 21.5 Å². The molecule has 1 aromatic rings. The summed E-state index contributed by atoms with van der Waals surface area (Å²) in [4.78, 5) is 11.9. The van der Waals surface area contributed by atoms with E-state index >= 15 is 0 Å². The molecule has 0 N–H and O–H groups in total. The van der Waals surface area contributed by atoms with Crippen molar-refractivity contribution >= 4 is 17.3 Å². The molecule has 21 heavy (non-hydrogen) atoms. The van der Waals surface area contributed by atoms with Gasteiger partial charge >= 0.3 is 5.69 Å². The normalized spacial score (nSPS) is 26.5. The molecule has 0 radical (unpaired) electrons. The first kappa shape index (κ1) is 14.6. The first-order valence-electron chi connectivity index (χ1n) is 6.47. The molecule has 3 rings (SSSR count). The topological polar surface area (TPSA) is 73.4 Å². The van der Waals surface area contributed by atoms with Gasteiger partial charge in [0.05, 0.1) is 24.2 Å². The maximum atomic E-state index is 14.2. The Labute approximate surface area is 123 Å². The summed E-state index contributed by atoms with van der Waals surface area (Å²) in [5.74, 6) is -3.01.